The Balaban J connectivity index is 0.000000275. The zero-order chi connectivity index (χ0) is 19.9. The number of hydrogen-bond donors (Lipinski definition) is 4. The van der Waals surface area contributed by atoms with Crippen LogP contribution >= 0.6 is 0 Å². The number of anilines is 1. The molecule has 3 aromatic rings. The summed E-state index contributed by atoms with van der Waals surface area (Å²) in [6.45, 7) is 7.57. The van der Waals surface area contributed by atoms with Gasteiger partial charge in [-0.3, -0.25) is 0 Å². The molecule has 2 aromatic heterocycles. The van der Waals surface area contributed by atoms with E-state index in [9.17, 15) is 8.42 Å². The van der Waals surface area contributed by atoms with Gasteiger partial charge in [0.2, 0.25) is 10.0 Å². The zero-order valence-electron chi connectivity index (χ0n) is 16.6. The number of rotatable bonds is 7. The van der Waals surface area contributed by atoms with Crippen molar-refractivity contribution in [3.05, 3.63) is 60.2 Å². The van der Waals surface area contributed by atoms with E-state index in [1.807, 2.05) is 51.1 Å². The van der Waals surface area contributed by atoms with Gasteiger partial charge in [-0.1, -0.05) is 38.1 Å². The highest BCUT2D eigenvalue weighted by molar-refractivity contribution is 7.89. The predicted molar refractivity (Wildman–Crippen MR) is 116 cm³/mol. The average molecular weight is 407 g/mol. The summed E-state index contributed by atoms with van der Waals surface area (Å²) in [5.41, 5.74) is 3.88. The van der Waals surface area contributed by atoms with Crippen LogP contribution in [0.5, 0.6) is 0 Å². The van der Waals surface area contributed by atoms with Crippen molar-refractivity contribution in [1.29, 1.82) is 0 Å². The van der Waals surface area contributed by atoms with E-state index in [0.29, 0.717) is 12.6 Å². The zero-order valence-corrected chi connectivity index (χ0v) is 17.4. The lowest BCUT2D eigenvalue weighted by atomic mass is 10.2. The third-order valence-electron chi connectivity index (χ3n) is 3.77. The number of allylic oxidation sites excluding steroid dienone is 1. The molecule has 2 bridgehead atoms. The van der Waals surface area contributed by atoms with Gasteiger partial charge in [-0.25, -0.2) is 13.6 Å². The van der Waals surface area contributed by atoms with Crippen molar-refractivity contribution >= 4 is 26.9 Å². The number of hydrogen-bond acceptors (Lipinski definition) is 6. The van der Waals surface area contributed by atoms with Gasteiger partial charge in [0.05, 0.1) is 10.6 Å². The molecular weight excluding hydrogens is 376 g/mol. The van der Waals surface area contributed by atoms with E-state index >= 15 is 0 Å². The van der Waals surface area contributed by atoms with E-state index in [0.717, 1.165) is 29.0 Å². The number of fused-ring (bicyclic) bond motifs is 2. The molecule has 7 N–H and O–H groups in total. The number of primary sulfonamides is 1. The molecular formula is C20H30N4O3S. The van der Waals surface area contributed by atoms with Crippen molar-refractivity contribution in [1.82, 2.24) is 11.5 Å². The van der Waals surface area contributed by atoms with E-state index in [2.05, 4.69) is 16.7 Å². The molecule has 0 saturated carbocycles. The smallest absolute Gasteiger partial charge is 0.238 e. The monoisotopic (exact) mass is 406 g/mol. The van der Waals surface area contributed by atoms with Crippen LogP contribution in [0.2, 0.25) is 0 Å². The molecule has 0 unspecified atom stereocenters. The van der Waals surface area contributed by atoms with Crippen LogP contribution in [0.1, 0.15) is 26.3 Å². The Morgan fingerprint density at radius 3 is 2.46 bits per heavy atom. The molecule has 1 aromatic carbocycles. The first-order valence-corrected chi connectivity index (χ1v) is 10.4. The molecule has 2 heterocycles. The number of sulfonamides is 1. The van der Waals surface area contributed by atoms with Crippen molar-refractivity contribution < 1.29 is 12.8 Å². The van der Waals surface area contributed by atoms with Crippen LogP contribution < -0.4 is 21.9 Å². The third kappa shape index (κ3) is 7.32. The van der Waals surface area contributed by atoms with Crippen molar-refractivity contribution in [2.45, 2.75) is 38.3 Å². The van der Waals surface area contributed by atoms with Crippen LogP contribution in [0.15, 0.2) is 63.9 Å². The first-order valence-electron chi connectivity index (χ1n) is 8.81. The standard InChI is InChI=1S/C10H16N2O2S.C10H11NO.H3N/c1-8(2)12-7-9-4-3-5-10(6-9)15(11,13)14;1-2-3-6-11-9-7-8-4-5-10(9)12-8;/h3-6,8,12H,7H2,1-2H3,(H2,11,13,14);2-5,7,11H,6H2,1H3;1H3. The molecule has 0 fully saturated rings. The fraction of sp³-hybridized carbons (Fsp3) is 0.300. The minimum Gasteiger partial charge on any atom is -0.455 e. The van der Waals surface area contributed by atoms with Gasteiger partial charge in [0.1, 0.15) is 5.58 Å². The lowest BCUT2D eigenvalue weighted by Gasteiger charge is -2.08. The maximum absolute atomic E-state index is 11.1. The van der Waals surface area contributed by atoms with Gasteiger partial charge in [0, 0.05) is 25.2 Å². The molecule has 0 saturated heterocycles. The quantitative estimate of drug-likeness (QED) is 0.441. The summed E-state index contributed by atoms with van der Waals surface area (Å²) in [6.07, 6.45) is 4.09. The molecule has 0 aliphatic carbocycles. The first kappa shape index (κ1) is 23.6. The minimum absolute atomic E-state index is 0. The Morgan fingerprint density at radius 2 is 1.93 bits per heavy atom. The van der Waals surface area contributed by atoms with E-state index in [1.165, 1.54) is 6.07 Å². The third-order valence-corrected chi connectivity index (χ3v) is 4.68. The summed E-state index contributed by atoms with van der Waals surface area (Å²) in [7, 11) is -3.59. The van der Waals surface area contributed by atoms with Gasteiger partial charge < -0.3 is 21.2 Å². The maximum atomic E-state index is 11.1. The summed E-state index contributed by atoms with van der Waals surface area (Å²) < 4.78 is 27.5. The molecule has 0 aliphatic heterocycles. The Kier molecular flexibility index (Phi) is 9.14. The molecule has 0 amide bonds. The highest BCUT2D eigenvalue weighted by Crippen LogP contribution is 2.26. The number of furan rings is 2. The number of nitrogens with two attached hydrogens (primary N) is 1. The summed E-state index contributed by atoms with van der Waals surface area (Å²) in [5, 5.41) is 11.5. The lowest BCUT2D eigenvalue weighted by molar-refractivity contribution is 0.586. The second-order valence-electron chi connectivity index (χ2n) is 6.44. The molecule has 28 heavy (non-hydrogen) atoms. The van der Waals surface area contributed by atoms with Crippen molar-refractivity contribution in [2.24, 2.45) is 5.14 Å². The van der Waals surface area contributed by atoms with Crippen molar-refractivity contribution in [3.63, 3.8) is 0 Å². The van der Waals surface area contributed by atoms with Gasteiger partial charge in [-0.15, -0.1) is 0 Å². The maximum Gasteiger partial charge on any atom is 0.238 e. The first-order chi connectivity index (χ1) is 12.8. The lowest BCUT2D eigenvalue weighted by Crippen LogP contribution is -2.22. The van der Waals surface area contributed by atoms with E-state index in [1.54, 1.807) is 12.1 Å². The Bertz CT molecular complexity index is 965. The van der Waals surface area contributed by atoms with Gasteiger partial charge in [0.15, 0.2) is 5.58 Å². The fourth-order valence-corrected chi connectivity index (χ4v) is 2.95. The Morgan fingerprint density at radius 1 is 1.18 bits per heavy atom. The molecule has 0 spiro atoms. The summed E-state index contributed by atoms with van der Waals surface area (Å²) in [4.78, 5) is 0.158. The normalized spacial score (nSPS) is 11.5. The second kappa shape index (κ2) is 10.8. The molecule has 7 nitrogen and oxygen atoms in total. The van der Waals surface area contributed by atoms with Crippen LogP contribution in [0, 0.1) is 0 Å². The molecule has 0 aliphatic rings. The molecule has 0 atom stereocenters. The number of benzene rings is 2. The minimum atomic E-state index is -3.59. The predicted octanol–water partition coefficient (Wildman–Crippen LogP) is 3.85. The molecule has 154 valence electrons. The van der Waals surface area contributed by atoms with E-state index in [4.69, 9.17) is 9.56 Å². The second-order valence-corrected chi connectivity index (χ2v) is 8.00. The summed E-state index contributed by atoms with van der Waals surface area (Å²) in [6, 6.07) is 13.0. The van der Waals surface area contributed by atoms with Gasteiger partial charge in [-0.05, 0) is 36.8 Å². The number of nitrogens with one attached hydrogen (secondary N) is 2. The average Bonchev–Trinajstić information content (AvgIpc) is 3.23. The highest BCUT2D eigenvalue weighted by Gasteiger charge is 2.07. The largest absolute Gasteiger partial charge is 0.455 e. The molecule has 3 rings (SSSR count). The molecule has 8 heteroatoms. The van der Waals surface area contributed by atoms with Crippen molar-refractivity contribution in [3.8, 4) is 0 Å². The van der Waals surface area contributed by atoms with Gasteiger partial charge >= 0.3 is 0 Å². The van der Waals surface area contributed by atoms with Crippen LogP contribution in [0.4, 0.5) is 5.69 Å². The van der Waals surface area contributed by atoms with Crippen molar-refractivity contribution in [2.75, 3.05) is 11.9 Å². The van der Waals surface area contributed by atoms with Crippen LogP contribution in [0.3, 0.4) is 0 Å². The van der Waals surface area contributed by atoms with E-state index < -0.39 is 10.0 Å². The van der Waals surface area contributed by atoms with Crippen LogP contribution in [0.25, 0.3) is 11.2 Å². The van der Waals surface area contributed by atoms with E-state index in [-0.39, 0.29) is 11.0 Å². The summed E-state index contributed by atoms with van der Waals surface area (Å²) in [5.74, 6) is 0. The van der Waals surface area contributed by atoms with Crippen LogP contribution in [-0.4, -0.2) is 21.0 Å². The van der Waals surface area contributed by atoms with Gasteiger partial charge in [0.25, 0.3) is 0 Å². The molecule has 0 radical (unpaired) electrons. The topological polar surface area (TPSA) is 132 Å². The summed E-state index contributed by atoms with van der Waals surface area (Å²) >= 11 is 0. The SMILES string of the molecule is CC(C)NCc1cccc(S(N)(=O)=O)c1.CC=CCNc1cc2ccc1o2.N. The van der Waals surface area contributed by atoms with Crippen LogP contribution in [-0.2, 0) is 16.6 Å². The Hall–Kier alpha value is -2.39. The Labute approximate surface area is 167 Å². The van der Waals surface area contributed by atoms with Gasteiger partial charge in [-0.2, -0.15) is 0 Å². The fourth-order valence-electron chi connectivity index (χ4n) is 2.37. The highest BCUT2D eigenvalue weighted by atomic mass is 32.2.